The lowest BCUT2D eigenvalue weighted by Gasteiger charge is -2.05. The topological polar surface area (TPSA) is 51.1 Å². The summed E-state index contributed by atoms with van der Waals surface area (Å²) in [4.78, 5) is 25.1. The molecule has 0 saturated heterocycles. The lowest BCUT2D eigenvalue weighted by Crippen LogP contribution is -2.22. The van der Waals surface area contributed by atoms with E-state index >= 15 is 0 Å². The van der Waals surface area contributed by atoms with Crippen LogP contribution in [0.3, 0.4) is 0 Å². The van der Waals surface area contributed by atoms with Crippen LogP contribution in [0, 0.1) is 19.7 Å². The molecule has 3 aromatic rings. The van der Waals surface area contributed by atoms with E-state index in [0.29, 0.717) is 16.4 Å². The van der Waals surface area contributed by atoms with Gasteiger partial charge in [-0.25, -0.2) is 4.39 Å². The monoisotopic (exact) mass is 356 g/mol. The minimum Gasteiger partial charge on any atom is -0.347 e. The Morgan fingerprint density at radius 3 is 2.56 bits per heavy atom. The molecule has 0 aliphatic rings. The molecule has 2 heterocycles. The highest BCUT2D eigenvalue weighted by atomic mass is 32.1. The molecule has 0 fully saturated rings. The zero-order valence-electron chi connectivity index (χ0n) is 13.9. The number of hydrogen-bond donors (Lipinski definition) is 1. The molecule has 0 unspecified atom stereocenters. The number of hydrogen-bond acceptors (Lipinski definition) is 3. The molecule has 0 saturated carbocycles. The quantitative estimate of drug-likeness (QED) is 0.777. The number of amides is 1. The van der Waals surface area contributed by atoms with E-state index < -0.39 is 0 Å². The maximum atomic E-state index is 12.9. The lowest BCUT2D eigenvalue weighted by atomic mass is 10.2. The lowest BCUT2D eigenvalue weighted by molar-refractivity contribution is 0.0954. The van der Waals surface area contributed by atoms with Gasteiger partial charge in [0.25, 0.3) is 11.5 Å². The number of benzene rings is 1. The molecule has 0 aliphatic carbocycles. The van der Waals surface area contributed by atoms with Crippen LogP contribution in [0.1, 0.15) is 26.4 Å². The first-order valence-electron chi connectivity index (χ1n) is 7.77. The fourth-order valence-corrected chi connectivity index (χ4v) is 3.51. The van der Waals surface area contributed by atoms with E-state index in [0.717, 1.165) is 16.7 Å². The summed E-state index contributed by atoms with van der Waals surface area (Å²) in [5.74, 6) is -0.518. The maximum Gasteiger partial charge on any atom is 0.261 e. The summed E-state index contributed by atoms with van der Waals surface area (Å²) < 4.78 is 14.4. The number of thiophene rings is 1. The van der Waals surface area contributed by atoms with Gasteiger partial charge in [0, 0.05) is 18.8 Å². The molecule has 3 rings (SSSR count). The second-order valence-electron chi connectivity index (χ2n) is 5.82. The van der Waals surface area contributed by atoms with Crippen molar-refractivity contribution in [3.05, 3.63) is 86.4 Å². The Morgan fingerprint density at radius 2 is 1.88 bits per heavy atom. The van der Waals surface area contributed by atoms with E-state index in [1.807, 2.05) is 26.0 Å². The Hall–Kier alpha value is -2.73. The maximum absolute atomic E-state index is 12.9. The predicted molar refractivity (Wildman–Crippen MR) is 97.0 cm³/mol. The third kappa shape index (κ3) is 3.85. The Bertz CT molecular complexity index is 974. The van der Waals surface area contributed by atoms with Crippen LogP contribution in [0.15, 0.2) is 53.5 Å². The molecule has 0 aliphatic heterocycles. The summed E-state index contributed by atoms with van der Waals surface area (Å²) in [6.07, 6.45) is 1.71. The minimum absolute atomic E-state index is 0.125. The summed E-state index contributed by atoms with van der Waals surface area (Å²) >= 11 is 1.27. The molecular weight excluding hydrogens is 339 g/mol. The highest BCUT2D eigenvalue weighted by Crippen LogP contribution is 2.24. The zero-order valence-corrected chi connectivity index (χ0v) is 14.7. The summed E-state index contributed by atoms with van der Waals surface area (Å²) in [5.41, 5.74) is 2.40. The second kappa shape index (κ2) is 7.03. The molecule has 4 nitrogen and oxygen atoms in total. The number of nitrogens with one attached hydrogen (secondary N) is 1. The summed E-state index contributed by atoms with van der Waals surface area (Å²) in [7, 11) is 0. The van der Waals surface area contributed by atoms with E-state index in [4.69, 9.17) is 0 Å². The summed E-state index contributed by atoms with van der Waals surface area (Å²) in [6.45, 7) is 4.02. The molecular formula is C19H17FN2O2S. The number of halogens is 1. The van der Waals surface area contributed by atoms with Crippen LogP contribution in [0.5, 0.6) is 0 Å². The highest BCUT2D eigenvalue weighted by Gasteiger charge is 2.15. The first-order valence-corrected chi connectivity index (χ1v) is 8.58. The van der Waals surface area contributed by atoms with Crippen molar-refractivity contribution in [1.82, 2.24) is 9.88 Å². The van der Waals surface area contributed by atoms with Gasteiger partial charge in [0.1, 0.15) is 10.8 Å². The van der Waals surface area contributed by atoms with Gasteiger partial charge in [-0.15, -0.1) is 11.3 Å². The summed E-state index contributed by atoms with van der Waals surface area (Å²) in [5, 5.41) is 3.53. The van der Waals surface area contributed by atoms with Gasteiger partial charge in [-0.3, -0.25) is 14.2 Å². The van der Waals surface area contributed by atoms with Gasteiger partial charge in [-0.05, 0) is 54.8 Å². The van der Waals surface area contributed by atoms with Crippen LogP contribution in [-0.4, -0.2) is 10.5 Å². The number of carbonyl (C=O) groups excluding carboxylic acids is 1. The van der Waals surface area contributed by atoms with Gasteiger partial charge in [0.2, 0.25) is 0 Å². The van der Waals surface area contributed by atoms with Gasteiger partial charge >= 0.3 is 0 Å². The van der Waals surface area contributed by atoms with E-state index in [1.54, 1.807) is 24.4 Å². The standard InChI is InChI=1S/C19H17FN2O2S/c1-12-7-8-22(16(23)9-12)17-10-13(2)18(25-17)19(24)21-11-14-3-5-15(20)6-4-14/h3-10H,11H2,1-2H3,(H,21,24). The minimum atomic E-state index is -0.308. The average molecular weight is 356 g/mol. The number of rotatable bonds is 4. The summed E-state index contributed by atoms with van der Waals surface area (Å²) in [6, 6.07) is 11.2. The number of nitrogens with zero attached hydrogens (tertiary/aromatic N) is 1. The molecule has 128 valence electrons. The van der Waals surface area contributed by atoms with Crippen LogP contribution in [0.2, 0.25) is 0 Å². The zero-order chi connectivity index (χ0) is 18.0. The number of carbonyl (C=O) groups is 1. The Kier molecular flexibility index (Phi) is 4.81. The molecule has 0 spiro atoms. The van der Waals surface area contributed by atoms with Crippen LogP contribution >= 0.6 is 11.3 Å². The Balaban J connectivity index is 1.78. The molecule has 0 radical (unpaired) electrons. The fraction of sp³-hybridized carbons (Fsp3) is 0.158. The van der Waals surface area contributed by atoms with Crippen LogP contribution in [0.25, 0.3) is 5.00 Å². The van der Waals surface area contributed by atoms with E-state index in [9.17, 15) is 14.0 Å². The van der Waals surface area contributed by atoms with E-state index in [-0.39, 0.29) is 17.3 Å². The van der Waals surface area contributed by atoms with Crippen molar-refractivity contribution in [3.8, 4) is 5.00 Å². The molecule has 1 N–H and O–H groups in total. The normalized spacial score (nSPS) is 10.7. The average Bonchev–Trinajstić information content (AvgIpc) is 2.95. The highest BCUT2D eigenvalue weighted by molar-refractivity contribution is 7.16. The molecule has 0 bridgehead atoms. The van der Waals surface area contributed by atoms with Gasteiger partial charge in [-0.2, -0.15) is 0 Å². The molecule has 1 aromatic carbocycles. The molecule has 1 amide bonds. The van der Waals surface area contributed by atoms with Gasteiger partial charge < -0.3 is 5.32 Å². The van der Waals surface area contributed by atoms with Crippen LogP contribution in [-0.2, 0) is 6.54 Å². The fourth-order valence-electron chi connectivity index (χ4n) is 2.43. The predicted octanol–water partition coefficient (Wildman–Crippen LogP) is 3.58. The third-order valence-corrected chi connectivity index (χ3v) is 5.03. The van der Waals surface area contributed by atoms with Crippen molar-refractivity contribution in [2.75, 3.05) is 0 Å². The van der Waals surface area contributed by atoms with Crippen molar-refractivity contribution >= 4 is 17.2 Å². The van der Waals surface area contributed by atoms with E-state index in [1.165, 1.54) is 28.0 Å². The van der Waals surface area contributed by atoms with Gasteiger partial charge in [-0.1, -0.05) is 12.1 Å². The molecule has 2 aromatic heterocycles. The van der Waals surface area contributed by atoms with Gasteiger partial charge in [0.15, 0.2) is 0 Å². The molecule has 6 heteroatoms. The smallest absolute Gasteiger partial charge is 0.261 e. The number of aryl methyl sites for hydroxylation is 2. The molecule has 25 heavy (non-hydrogen) atoms. The Labute approximate surface area is 148 Å². The van der Waals surface area contributed by atoms with Gasteiger partial charge in [0.05, 0.1) is 4.88 Å². The Morgan fingerprint density at radius 1 is 1.16 bits per heavy atom. The number of aromatic nitrogens is 1. The number of pyridine rings is 1. The second-order valence-corrected chi connectivity index (χ2v) is 6.85. The van der Waals surface area contributed by atoms with Crippen molar-refractivity contribution in [2.45, 2.75) is 20.4 Å². The first-order chi connectivity index (χ1) is 11.9. The van der Waals surface area contributed by atoms with Crippen molar-refractivity contribution in [3.63, 3.8) is 0 Å². The van der Waals surface area contributed by atoms with Crippen LogP contribution < -0.4 is 10.9 Å². The van der Waals surface area contributed by atoms with Crippen LogP contribution in [0.4, 0.5) is 4.39 Å². The largest absolute Gasteiger partial charge is 0.347 e. The van der Waals surface area contributed by atoms with Crippen molar-refractivity contribution in [2.24, 2.45) is 0 Å². The van der Waals surface area contributed by atoms with Crippen molar-refractivity contribution < 1.29 is 9.18 Å². The van der Waals surface area contributed by atoms with Crippen molar-refractivity contribution in [1.29, 1.82) is 0 Å². The SMILES string of the molecule is Cc1ccn(-c2cc(C)c(C(=O)NCc3ccc(F)cc3)s2)c(=O)c1. The first kappa shape index (κ1) is 17.1. The third-order valence-electron chi connectivity index (χ3n) is 3.79. The van der Waals surface area contributed by atoms with E-state index in [2.05, 4.69) is 5.32 Å². The molecule has 0 atom stereocenters.